The highest BCUT2D eigenvalue weighted by atomic mass is 79.9. The van der Waals surface area contributed by atoms with Gasteiger partial charge < -0.3 is 15.3 Å². The molecule has 0 fully saturated rings. The molecule has 2 aromatic carbocycles. The number of hydrogen-bond acceptors (Lipinski definition) is 2. The first-order valence-electron chi connectivity index (χ1n) is 6.36. The monoisotopic (exact) mass is 331 g/mol. The molecule has 102 valence electrons. The maximum absolute atomic E-state index is 11.3. The number of hydrogen-bond donors (Lipinski definition) is 3. The normalized spacial score (nSPS) is 12.5. The quantitative estimate of drug-likeness (QED) is 0.683. The van der Waals surface area contributed by atoms with E-state index >= 15 is 0 Å². The Morgan fingerprint density at radius 2 is 1.85 bits per heavy atom. The number of imidazole rings is 1. The maximum atomic E-state index is 11.3. The zero-order chi connectivity index (χ0) is 14.1. The van der Waals surface area contributed by atoms with E-state index in [9.17, 15) is 4.79 Å². The highest BCUT2D eigenvalue weighted by molar-refractivity contribution is 9.10. The van der Waals surface area contributed by atoms with Crippen LogP contribution in [0.5, 0.6) is 0 Å². The number of anilines is 1. The molecule has 0 saturated heterocycles. The van der Waals surface area contributed by atoms with Gasteiger partial charge in [0.05, 0.1) is 11.0 Å². The van der Waals surface area contributed by atoms with Crippen molar-refractivity contribution in [1.82, 2.24) is 9.97 Å². The van der Waals surface area contributed by atoms with Crippen LogP contribution in [0.25, 0.3) is 11.0 Å². The minimum Gasteiger partial charge on any atom is -0.378 e. The fourth-order valence-corrected chi connectivity index (χ4v) is 2.90. The largest absolute Gasteiger partial charge is 0.378 e. The Kier molecular flexibility index (Phi) is 3.36. The van der Waals surface area contributed by atoms with Crippen molar-refractivity contribution in [2.24, 2.45) is 0 Å². The summed E-state index contributed by atoms with van der Waals surface area (Å²) in [6, 6.07) is 14.1. The summed E-state index contributed by atoms with van der Waals surface area (Å²) < 4.78 is 1.08. The topological polar surface area (TPSA) is 60.7 Å². The van der Waals surface area contributed by atoms with E-state index in [1.165, 1.54) is 5.56 Å². The molecule has 0 amide bonds. The molecule has 0 saturated carbocycles. The number of H-pyrrole nitrogens is 2. The summed E-state index contributed by atoms with van der Waals surface area (Å²) in [5.74, 6) is 0. The third-order valence-corrected chi connectivity index (χ3v) is 3.99. The smallest absolute Gasteiger partial charge is 0.323 e. The Labute approximate surface area is 124 Å². The molecule has 20 heavy (non-hydrogen) atoms. The van der Waals surface area contributed by atoms with Gasteiger partial charge in [0.25, 0.3) is 0 Å². The molecule has 3 rings (SSSR count). The van der Waals surface area contributed by atoms with Crippen LogP contribution in [0.4, 0.5) is 5.69 Å². The lowest BCUT2D eigenvalue weighted by Gasteiger charge is -2.17. The van der Waals surface area contributed by atoms with Crippen molar-refractivity contribution in [3.8, 4) is 0 Å². The molecule has 1 heterocycles. The van der Waals surface area contributed by atoms with Gasteiger partial charge in [-0.15, -0.1) is 0 Å². The van der Waals surface area contributed by atoms with E-state index in [0.29, 0.717) is 0 Å². The lowest BCUT2D eigenvalue weighted by atomic mass is 10.1. The standard InChI is InChI=1S/C15H14BrN3O/c1-9(11-4-2-3-5-12(11)16)17-10-6-7-13-14(8-10)19-15(20)18-13/h2-9,17H,1H3,(H2,18,19,20). The highest BCUT2D eigenvalue weighted by Gasteiger charge is 2.09. The molecule has 1 unspecified atom stereocenters. The van der Waals surface area contributed by atoms with Gasteiger partial charge in [0.1, 0.15) is 0 Å². The lowest BCUT2D eigenvalue weighted by molar-refractivity contribution is 0.879. The lowest BCUT2D eigenvalue weighted by Crippen LogP contribution is -2.07. The van der Waals surface area contributed by atoms with Gasteiger partial charge in [0, 0.05) is 16.2 Å². The molecule has 0 aliphatic carbocycles. The molecular formula is C15H14BrN3O. The Morgan fingerprint density at radius 1 is 1.10 bits per heavy atom. The van der Waals surface area contributed by atoms with Crippen molar-refractivity contribution in [3.63, 3.8) is 0 Å². The number of fused-ring (bicyclic) bond motifs is 1. The number of halogens is 1. The van der Waals surface area contributed by atoms with Crippen molar-refractivity contribution >= 4 is 32.7 Å². The second kappa shape index (κ2) is 5.17. The van der Waals surface area contributed by atoms with Gasteiger partial charge in [-0.2, -0.15) is 0 Å². The number of rotatable bonds is 3. The molecule has 0 aliphatic heterocycles. The van der Waals surface area contributed by atoms with E-state index in [1.54, 1.807) is 0 Å². The maximum Gasteiger partial charge on any atom is 0.323 e. The van der Waals surface area contributed by atoms with E-state index in [4.69, 9.17) is 0 Å². The van der Waals surface area contributed by atoms with Gasteiger partial charge in [-0.1, -0.05) is 34.1 Å². The summed E-state index contributed by atoms with van der Waals surface area (Å²) in [5, 5.41) is 3.43. The first kappa shape index (κ1) is 13.0. The van der Waals surface area contributed by atoms with Gasteiger partial charge in [-0.05, 0) is 36.8 Å². The first-order chi connectivity index (χ1) is 9.63. The van der Waals surface area contributed by atoms with E-state index in [0.717, 1.165) is 21.2 Å². The van der Waals surface area contributed by atoms with E-state index in [2.05, 4.69) is 44.2 Å². The van der Waals surface area contributed by atoms with Crippen LogP contribution in [0.1, 0.15) is 18.5 Å². The SMILES string of the molecule is CC(Nc1ccc2[nH]c(=O)[nH]c2c1)c1ccccc1Br. The second-order valence-electron chi connectivity index (χ2n) is 4.73. The summed E-state index contributed by atoms with van der Waals surface area (Å²) in [6.07, 6.45) is 0. The Bertz CT molecular complexity index is 806. The summed E-state index contributed by atoms with van der Waals surface area (Å²) in [5.41, 5.74) is 3.59. The van der Waals surface area contributed by atoms with Crippen molar-refractivity contribution in [2.75, 3.05) is 5.32 Å². The van der Waals surface area contributed by atoms with Crippen LogP contribution in [-0.4, -0.2) is 9.97 Å². The van der Waals surface area contributed by atoms with Crippen LogP contribution in [0, 0.1) is 0 Å². The highest BCUT2D eigenvalue weighted by Crippen LogP contribution is 2.26. The molecule has 1 atom stereocenters. The molecule has 0 aliphatic rings. The molecule has 0 radical (unpaired) electrons. The van der Waals surface area contributed by atoms with Crippen molar-refractivity contribution < 1.29 is 0 Å². The van der Waals surface area contributed by atoms with E-state index in [-0.39, 0.29) is 11.7 Å². The zero-order valence-corrected chi connectivity index (χ0v) is 12.5. The van der Waals surface area contributed by atoms with Gasteiger partial charge in [0.2, 0.25) is 0 Å². The van der Waals surface area contributed by atoms with Crippen LogP contribution in [0.3, 0.4) is 0 Å². The minimum absolute atomic E-state index is 0.161. The van der Waals surface area contributed by atoms with Crippen LogP contribution in [0.2, 0.25) is 0 Å². The molecule has 0 bridgehead atoms. The number of aromatic nitrogens is 2. The summed E-state index contributed by atoms with van der Waals surface area (Å²) in [4.78, 5) is 16.7. The van der Waals surface area contributed by atoms with Crippen molar-refractivity contribution in [3.05, 3.63) is 63.0 Å². The van der Waals surface area contributed by atoms with Gasteiger partial charge in [-0.25, -0.2) is 4.79 Å². The predicted octanol–water partition coefficient (Wildman–Crippen LogP) is 3.79. The second-order valence-corrected chi connectivity index (χ2v) is 5.58. The average Bonchev–Trinajstić information content (AvgIpc) is 2.78. The fraction of sp³-hybridized carbons (Fsp3) is 0.133. The molecule has 5 heteroatoms. The zero-order valence-electron chi connectivity index (χ0n) is 10.9. The summed E-state index contributed by atoms with van der Waals surface area (Å²) >= 11 is 3.56. The van der Waals surface area contributed by atoms with E-state index < -0.39 is 0 Å². The first-order valence-corrected chi connectivity index (χ1v) is 7.16. The number of benzene rings is 2. The predicted molar refractivity (Wildman–Crippen MR) is 85.1 cm³/mol. The van der Waals surface area contributed by atoms with E-state index in [1.807, 2.05) is 36.4 Å². The molecule has 3 aromatic rings. The molecule has 1 aromatic heterocycles. The minimum atomic E-state index is -0.184. The van der Waals surface area contributed by atoms with Crippen LogP contribution < -0.4 is 11.0 Å². The van der Waals surface area contributed by atoms with Crippen LogP contribution >= 0.6 is 15.9 Å². The van der Waals surface area contributed by atoms with Gasteiger partial charge in [-0.3, -0.25) is 0 Å². The van der Waals surface area contributed by atoms with Gasteiger partial charge in [0.15, 0.2) is 0 Å². The van der Waals surface area contributed by atoms with Crippen LogP contribution in [-0.2, 0) is 0 Å². The Balaban J connectivity index is 1.89. The van der Waals surface area contributed by atoms with Crippen molar-refractivity contribution in [2.45, 2.75) is 13.0 Å². The molecular weight excluding hydrogens is 318 g/mol. The number of aromatic amines is 2. The molecule has 3 N–H and O–H groups in total. The fourth-order valence-electron chi connectivity index (χ4n) is 2.28. The Hall–Kier alpha value is -2.01. The summed E-state index contributed by atoms with van der Waals surface area (Å²) in [6.45, 7) is 2.10. The third kappa shape index (κ3) is 2.49. The van der Waals surface area contributed by atoms with Gasteiger partial charge >= 0.3 is 5.69 Å². The average molecular weight is 332 g/mol. The molecule has 0 spiro atoms. The van der Waals surface area contributed by atoms with Crippen molar-refractivity contribution in [1.29, 1.82) is 0 Å². The number of nitrogens with one attached hydrogen (secondary N) is 3. The third-order valence-electron chi connectivity index (χ3n) is 3.27. The Morgan fingerprint density at radius 3 is 2.65 bits per heavy atom. The molecule has 4 nitrogen and oxygen atoms in total. The summed E-state index contributed by atoms with van der Waals surface area (Å²) in [7, 11) is 0. The van der Waals surface area contributed by atoms with Crippen LogP contribution in [0.15, 0.2) is 51.7 Å².